The van der Waals surface area contributed by atoms with Crippen molar-refractivity contribution in [3.63, 3.8) is 0 Å². The molecule has 106 valence electrons. The molecule has 1 N–H and O–H groups in total. The van der Waals surface area contributed by atoms with Gasteiger partial charge in [-0.3, -0.25) is 4.98 Å². The third-order valence-electron chi connectivity index (χ3n) is 4.21. The molecule has 1 aromatic heterocycles. The lowest BCUT2D eigenvalue weighted by atomic mass is 9.80. The highest BCUT2D eigenvalue weighted by atomic mass is 16.5. The molecule has 1 fully saturated rings. The Bertz CT molecular complexity index is 355. The monoisotopic (exact) mass is 262 g/mol. The van der Waals surface area contributed by atoms with E-state index in [1.165, 1.54) is 19.3 Å². The standard InChI is InChI=1S/C16H26N2O/c1-13-6-7-16(11-14(13)2)19-10-9-17-12-15-5-3-4-8-18-15/h3-5,8,13-14,16-17H,6-7,9-12H2,1-2H3. The smallest absolute Gasteiger partial charge is 0.0594 e. The van der Waals surface area contributed by atoms with E-state index in [0.29, 0.717) is 6.10 Å². The Morgan fingerprint density at radius 1 is 1.26 bits per heavy atom. The molecule has 1 aliphatic carbocycles. The minimum atomic E-state index is 0.475. The Balaban J connectivity index is 1.55. The number of hydrogen-bond donors (Lipinski definition) is 1. The van der Waals surface area contributed by atoms with Crippen LogP contribution in [0.4, 0.5) is 0 Å². The van der Waals surface area contributed by atoms with Crippen molar-refractivity contribution in [2.24, 2.45) is 11.8 Å². The average molecular weight is 262 g/mol. The summed E-state index contributed by atoms with van der Waals surface area (Å²) in [5, 5.41) is 3.37. The topological polar surface area (TPSA) is 34.1 Å². The Morgan fingerprint density at radius 2 is 2.16 bits per heavy atom. The molecule has 0 aromatic carbocycles. The van der Waals surface area contributed by atoms with Gasteiger partial charge in [0, 0.05) is 19.3 Å². The molecular weight excluding hydrogens is 236 g/mol. The number of nitrogens with zero attached hydrogens (tertiary/aromatic N) is 1. The molecule has 0 aliphatic heterocycles. The third kappa shape index (κ3) is 4.92. The van der Waals surface area contributed by atoms with Crippen LogP contribution in [-0.4, -0.2) is 24.2 Å². The predicted octanol–water partition coefficient (Wildman–Crippen LogP) is 3.01. The molecule has 0 radical (unpaired) electrons. The summed E-state index contributed by atoms with van der Waals surface area (Å²) in [6, 6.07) is 6.00. The number of pyridine rings is 1. The number of rotatable bonds is 6. The number of nitrogens with one attached hydrogen (secondary N) is 1. The summed E-state index contributed by atoms with van der Waals surface area (Å²) in [5.41, 5.74) is 1.09. The van der Waals surface area contributed by atoms with Crippen LogP contribution in [0.25, 0.3) is 0 Å². The fourth-order valence-corrected chi connectivity index (χ4v) is 2.67. The minimum Gasteiger partial charge on any atom is -0.377 e. The van der Waals surface area contributed by atoms with Gasteiger partial charge < -0.3 is 10.1 Å². The second-order valence-corrected chi connectivity index (χ2v) is 5.76. The van der Waals surface area contributed by atoms with Crippen LogP contribution < -0.4 is 5.32 Å². The van der Waals surface area contributed by atoms with Gasteiger partial charge in [0.25, 0.3) is 0 Å². The Kier molecular flexibility index (Phi) is 5.80. The van der Waals surface area contributed by atoms with E-state index in [1.807, 2.05) is 24.4 Å². The Hall–Kier alpha value is -0.930. The lowest BCUT2D eigenvalue weighted by Gasteiger charge is -2.32. The van der Waals surface area contributed by atoms with Crippen LogP contribution in [0.1, 0.15) is 38.8 Å². The molecule has 0 bridgehead atoms. The Labute approximate surface area is 116 Å². The maximum atomic E-state index is 5.96. The molecule has 3 nitrogen and oxygen atoms in total. The third-order valence-corrected chi connectivity index (χ3v) is 4.21. The normalized spacial score (nSPS) is 27.4. The van der Waals surface area contributed by atoms with Crippen molar-refractivity contribution < 1.29 is 4.74 Å². The fourth-order valence-electron chi connectivity index (χ4n) is 2.67. The van der Waals surface area contributed by atoms with Crippen LogP contribution in [0, 0.1) is 11.8 Å². The molecule has 0 saturated heterocycles. The molecule has 1 aromatic rings. The lowest BCUT2D eigenvalue weighted by Crippen LogP contribution is -2.29. The van der Waals surface area contributed by atoms with Crippen molar-refractivity contribution in [1.82, 2.24) is 10.3 Å². The van der Waals surface area contributed by atoms with Crippen molar-refractivity contribution in [3.8, 4) is 0 Å². The van der Waals surface area contributed by atoms with E-state index < -0.39 is 0 Å². The molecule has 1 saturated carbocycles. The van der Waals surface area contributed by atoms with E-state index in [0.717, 1.165) is 37.2 Å². The summed E-state index contributed by atoms with van der Waals surface area (Å²) in [7, 11) is 0. The molecule has 2 rings (SSSR count). The summed E-state index contributed by atoms with van der Waals surface area (Å²) < 4.78 is 5.96. The summed E-state index contributed by atoms with van der Waals surface area (Å²) in [6.07, 6.45) is 6.07. The molecule has 3 unspecified atom stereocenters. The summed E-state index contributed by atoms with van der Waals surface area (Å²) >= 11 is 0. The first-order valence-corrected chi connectivity index (χ1v) is 7.48. The van der Waals surface area contributed by atoms with Crippen LogP contribution in [-0.2, 0) is 11.3 Å². The average Bonchev–Trinajstić information content (AvgIpc) is 2.43. The van der Waals surface area contributed by atoms with Crippen molar-refractivity contribution in [1.29, 1.82) is 0 Å². The van der Waals surface area contributed by atoms with Crippen LogP contribution >= 0.6 is 0 Å². The van der Waals surface area contributed by atoms with E-state index in [1.54, 1.807) is 0 Å². The Morgan fingerprint density at radius 3 is 2.89 bits per heavy atom. The van der Waals surface area contributed by atoms with E-state index in [-0.39, 0.29) is 0 Å². The number of hydrogen-bond acceptors (Lipinski definition) is 3. The van der Waals surface area contributed by atoms with Gasteiger partial charge in [-0.25, -0.2) is 0 Å². The zero-order chi connectivity index (χ0) is 13.5. The molecule has 1 aliphatic rings. The molecular formula is C16H26N2O. The van der Waals surface area contributed by atoms with Gasteiger partial charge in [-0.2, -0.15) is 0 Å². The quantitative estimate of drug-likeness (QED) is 0.800. The summed E-state index contributed by atoms with van der Waals surface area (Å²) in [6.45, 7) is 7.23. The number of ether oxygens (including phenoxy) is 1. The van der Waals surface area contributed by atoms with E-state index in [2.05, 4.69) is 24.1 Å². The lowest BCUT2D eigenvalue weighted by molar-refractivity contribution is 0.00422. The summed E-state index contributed by atoms with van der Waals surface area (Å²) in [5.74, 6) is 1.67. The molecule has 0 spiro atoms. The first kappa shape index (κ1) is 14.5. The van der Waals surface area contributed by atoms with Gasteiger partial charge in [0.15, 0.2) is 0 Å². The van der Waals surface area contributed by atoms with Crippen molar-refractivity contribution in [2.45, 2.75) is 45.8 Å². The van der Waals surface area contributed by atoms with E-state index in [4.69, 9.17) is 4.74 Å². The van der Waals surface area contributed by atoms with E-state index in [9.17, 15) is 0 Å². The molecule has 19 heavy (non-hydrogen) atoms. The van der Waals surface area contributed by atoms with Gasteiger partial charge >= 0.3 is 0 Å². The highest BCUT2D eigenvalue weighted by Gasteiger charge is 2.24. The largest absolute Gasteiger partial charge is 0.377 e. The second kappa shape index (κ2) is 7.61. The van der Waals surface area contributed by atoms with Crippen LogP contribution in [0.15, 0.2) is 24.4 Å². The van der Waals surface area contributed by atoms with Crippen molar-refractivity contribution >= 4 is 0 Å². The zero-order valence-electron chi connectivity index (χ0n) is 12.1. The van der Waals surface area contributed by atoms with E-state index >= 15 is 0 Å². The second-order valence-electron chi connectivity index (χ2n) is 5.76. The highest BCUT2D eigenvalue weighted by Crippen LogP contribution is 2.30. The molecule has 0 amide bonds. The maximum absolute atomic E-state index is 5.96. The predicted molar refractivity (Wildman–Crippen MR) is 77.9 cm³/mol. The van der Waals surface area contributed by atoms with Crippen LogP contribution in [0.3, 0.4) is 0 Å². The van der Waals surface area contributed by atoms with Gasteiger partial charge in [0.05, 0.1) is 18.4 Å². The van der Waals surface area contributed by atoms with Crippen LogP contribution in [0.2, 0.25) is 0 Å². The zero-order valence-corrected chi connectivity index (χ0v) is 12.1. The molecule has 3 atom stereocenters. The SMILES string of the molecule is CC1CCC(OCCNCc2ccccn2)CC1C. The molecule has 1 heterocycles. The highest BCUT2D eigenvalue weighted by molar-refractivity contribution is 5.02. The van der Waals surface area contributed by atoms with Crippen molar-refractivity contribution in [2.75, 3.05) is 13.2 Å². The summed E-state index contributed by atoms with van der Waals surface area (Å²) in [4.78, 5) is 4.28. The maximum Gasteiger partial charge on any atom is 0.0594 e. The van der Waals surface area contributed by atoms with Gasteiger partial charge in [-0.1, -0.05) is 19.9 Å². The first-order chi connectivity index (χ1) is 9.25. The van der Waals surface area contributed by atoms with Gasteiger partial charge in [0.2, 0.25) is 0 Å². The number of aromatic nitrogens is 1. The fraction of sp³-hybridized carbons (Fsp3) is 0.688. The first-order valence-electron chi connectivity index (χ1n) is 7.48. The van der Waals surface area contributed by atoms with Gasteiger partial charge in [0.1, 0.15) is 0 Å². The van der Waals surface area contributed by atoms with Gasteiger partial charge in [-0.05, 0) is 43.2 Å². The van der Waals surface area contributed by atoms with Crippen molar-refractivity contribution in [3.05, 3.63) is 30.1 Å². The van der Waals surface area contributed by atoms with Crippen LogP contribution in [0.5, 0.6) is 0 Å². The van der Waals surface area contributed by atoms with Gasteiger partial charge in [-0.15, -0.1) is 0 Å². The molecule has 3 heteroatoms. The minimum absolute atomic E-state index is 0.475.